The first-order chi connectivity index (χ1) is 12.1. The van der Waals surface area contributed by atoms with E-state index in [-0.39, 0.29) is 11.6 Å². The second-order valence-electron chi connectivity index (χ2n) is 7.67. The third-order valence-corrected chi connectivity index (χ3v) is 6.94. The van der Waals surface area contributed by atoms with Crippen LogP contribution in [0.15, 0.2) is 22.8 Å². The zero-order valence-corrected chi connectivity index (χ0v) is 17.3. The van der Waals surface area contributed by atoms with Gasteiger partial charge in [0.15, 0.2) is 0 Å². The van der Waals surface area contributed by atoms with Crippen LogP contribution in [0.2, 0.25) is 0 Å². The van der Waals surface area contributed by atoms with E-state index in [1.54, 1.807) is 33.0 Å². The monoisotopic (exact) mass is 450 g/mol. The molecule has 1 saturated carbocycles. The lowest BCUT2D eigenvalue weighted by molar-refractivity contribution is 0.110. The minimum atomic E-state index is -2.77. The highest BCUT2D eigenvalue weighted by molar-refractivity contribution is 9.10. The van der Waals surface area contributed by atoms with Gasteiger partial charge >= 0.3 is 0 Å². The lowest BCUT2D eigenvalue weighted by Gasteiger charge is -2.28. The van der Waals surface area contributed by atoms with Gasteiger partial charge in [-0.15, -0.1) is 0 Å². The Morgan fingerprint density at radius 3 is 2.46 bits per heavy atom. The lowest BCUT2D eigenvalue weighted by atomic mass is 9.93. The number of fused-ring (bicyclic) bond motifs is 1. The van der Waals surface area contributed by atoms with Crippen LogP contribution in [0.1, 0.15) is 57.7 Å². The van der Waals surface area contributed by atoms with E-state index >= 15 is 0 Å². The van der Waals surface area contributed by atoms with Gasteiger partial charge in [-0.1, -0.05) is 0 Å². The predicted molar refractivity (Wildman–Crippen MR) is 102 cm³/mol. The van der Waals surface area contributed by atoms with E-state index in [2.05, 4.69) is 20.7 Å². The van der Waals surface area contributed by atoms with Gasteiger partial charge in [-0.2, -0.15) is 0 Å². The fourth-order valence-corrected chi connectivity index (χ4v) is 4.17. The summed E-state index contributed by atoms with van der Waals surface area (Å²) in [4.78, 5) is 0. The summed E-state index contributed by atoms with van der Waals surface area (Å²) in [5, 5.41) is 0.432. The van der Waals surface area contributed by atoms with Crippen molar-refractivity contribution in [2.45, 2.75) is 63.3 Å². The van der Waals surface area contributed by atoms with E-state index in [4.69, 9.17) is 0 Å². The second-order valence-corrected chi connectivity index (χ2v) is 10.5. The normalized spacial score (nSPS) is 18.3. The number of benzene rings is 1. The molecule has 1 N–H and O–H groups in total. The molecule has 0 saturated heterocycles. The van der Waals surface area contributed by atoms with Gasteiger partial charge in [-0.25, -0.2) is 22.1 Å². The fraction of sp³-hybridized carbons (Fsp3) is 0.556. The largest absolute Gasteiger partial charge is 0.344 e. The number of nitrogens with zero attached hydrogens (tertiary/aromatic N) is 1. The molecule has 3 rings (SSSR count). The molecule has 1 aliphatic rings. The molecular weight excluding hydrogens is 429 g/mol. The summed E-state index contributed by atoms with van der Waals surface area (Å²) in [6, 6.07) is 1.71. The Balaban J connectivity index is 2.12. The molecule has 0 radical (unpaired) electrons. The van der Waals surface area contributed by atoms with E-state index in [0.717, 1.165) is 19.3 Å². The standard InChI is InChI=1S/C18H22BrF3N2OS/c1-18(2,3)26(25)23-16(17(21)22)12-9-24(10-5-4-6-10)15-8-13(19)14(20)7-11(12)15/h7-10,16-17,23H,4-6H2,1-3H3/t16-,26?/m0/s1. The molecule has 0 aliphatic heterocycles. The second kappa shape index (κ2) is 7.28. The molecule has 1 unspecified atom stereocenters. The zero-order chi connectivity index (χ0) is 19.2. The molecule has 0 amide bonds. The van der Waals surface area contributed by atoms with Crippen LogP contribution in [-0.2, 0) is 11.0 Å². The molecule has 3 nitrogen and oxygen atoms in total. The molecule has 144 valence electrons. The number of nitrogens with one attached hydrogen (secondary N) is 1. The number of halogens is 4. The van der Waals surface area contributed by atoms with Crippen molar-refractivity contribution >= 4 is 37.8 Å². The molecule has 2 aromatic rings. The Morgan fingerprint density at radius 1 is 1.31 bits per heavy atom. The molecule has 1 aromatic heterocycles. The van der Waals surface area contributed by atoms with Crippen LogP contribution in [0.3, 0.4) is 0 Å². The van der Waals surface area contributed by atoms with Gasteiger partial charge < -0.3 is 4.57 Å². The number of hydrogen-bond donors (Lipinski definition) is 1. The Hall–Kier alpha value is -0.860. The first-order valence-corrected chi connectivity index (χ1v) is 10.5. The summed E-state index contributed by atoms with van der Waals surface area (Å²) >= 11 is 3.18. The van der Waals surface area contributed by atoms with Gasteiger partial charge in [0.05, 0.1) is 20.2 Å². The lowest BCUT2D eigenvalue weighted by Crippen LogP contribution is -2.38. The van der Waals surface area contributed by atoms with Gasteiger partial charge in [-0.05, 0) is 68.1 Å². The van der Waals surface area contributed by atoms with Gasteiger partial charge in [0.2, 0.25) is 0 Å². The molecule has 8 heteroatoms. The highest BCUT2D eigenvalue weighted by atomic mass is 79.9. The SMILES string of the molecule is CC(C)(C)S(=O)N[C@@H](c1cn(C2CCC2)c2cc(Br)c(F)cc12)C(F)F. The van der Waals surface area contributed by atoms with Crippen molar-refractivity contribution in [1.82, 2.24) is 9.29 Å². The maximum atomic E-state index is 14.1. The molecule has 2 atom stereocenters. The summed E-state index contributed by atoms with van der Waals surface area (Å²) in [6.07, 6.45) is 1.93. The van der Waals surface area contributed by atoms with Crippen molar-refractivity contribution in [2.24, 2.45) is 0 Å². The van der Waals surface area contributed by atoms with E-state index in [0.29, 0.717) is 15.4 Å². The number of rotatable bonds is 5. The Labute approximate surface area is 162 Å². The topological polar surface area (TPSA) is 34.0 Å². The molecule has 26 heavy (non-hydrogen) atoms. The van der Waals surface area contributed by atoms with E-state index < -0.39 is 34.0 Å². The fourth-order valence-electron chi connectivity index (χ4n) is 3.03. The first kappa shape index (κ1) is 19.9. The molecule has 1 aromatic carbocycles. The average molecular weight is 451 g/mol. The predicted octanol–water partition coefficient (Wildman–Crippen LogP) is 5.63. The molecule has 1 heterocycles. The van der Waals surface area contributed by atoms with Crippen LogP contribution in [0.25, 0.3) is 10.9 Å². The first-order valence-electron chi connectivity index (χ1n) is 8.55. The van der Waals surface area contributed by atoms with Crippen LogP contribution < -0.4 is 4.72 Å². The van der Waals surface area contributed by atoms with Gasteiger partial charge in [0, 0.05) is 28.7 Å². The van der Waals surface area contributed by atoms with Crippen LogP contribution in [0, 0.1) is 5.82 Å². The van der Waals surface area contributed by atoms with Crippen molar-refractivity contribution < 1.29 is 17.4 Å². The molecule has 0 spiro atoms. The third-order valence-electron chi connectivity index (χ3n) is 4.75. The minimum Gasteiger partial charge on any atom is -0.344 e. The van der Waals surface area contributed by atoms with Crippen molar-refractivity contribution in [1.29, 1.82) is 0 Å². The quantitative estimate of drug-likeness (QED) is 0.629. The van der Waals surface area contributed by atoms with E-state index in [9.17, 15) is 17.4 Å². The van der Waals surface area contributed by atoms with Crippen molar-refractivity contribution in [3.63, 3.8) is 0 Å². The van der Waals surface area contributed by atoms with Crippen LogP contribution in [-0.4, -0.2) is 19.9 Å². The molecule has 0 bridgehead atoms. The van der Waals surface area contributed by atoms with Gasteiger partial charge in [-0.3, -0.25) is 0 Å². The Morgan fingerprint density at radius 2 is 1.96 bits per heavy atom. The Kier molecular flexibility index (Phi) is 5.57. The highest BCUT2D eigenvalue weighted by Gasteiger charge is 2.33. The molecule has 1 aliphatic carbocycles. The molecule has 1 fully saturated rings. The smallest absolute Gasteiger partial charge is 0.258 e. The van der Waals surface area contributed by atoms with E-state index in [1.807, 2.05) is 4.57 Å². The average Bonchev–Trinajstić information content (AvgIpc) is 2.80. The summed E-state index contributed by atoms with van der Waals surface area (Å²) in [5.74, 6) is -0.505. The molecular formula is C18H22BrF3N2OS. The van der Waals surface area contributed by atoms with Crippen LogP contribution in [0.5, 0.6) is 0 Å². The summed E-state index contributed by atoms with van der Waals surface area (Å²) in [6.45, 7) is 5.15. The highest BCUT2D eigenvalue weighted by Crippen LogP contribution is 2.40. The maximum absolute atomic E-state index is 14.1. The number of alkyl halides is 2. The zero-order valence-electron chi connectivity index (χ0n) is 14.9. The van der Waals surface area contributed by atoms with Crippen molar-refractivity contribution in [2.75, 3.05) is 0 Å². The van der Waals surface area contributed by atoms with Gasteiger partial charge in [0.25, 0.3) is 6.43 Å². The summed E-state index contributed by atoms with van der Waals surface area (Å²) in [7, 11) is -1.67. The Bertz CT molecular complexity index is 843. The number of aromatic nitrogens is 1. The van der Waals surface area contributed by atoms with Crippen LogP contribution >= 0.6 is 15.9 Å². The third kappa shape index (κ3) is 3.73. The van der Waals surface area contributed by atoms with E-state index in [1.165, 1.54) is 6.07 Å². The minimum absolute atomic E-state index is 0.232. The van der Waals surface area contributed by atoms with Gasteiger partial charge in [0.1, 0.15) is 11.9 Å². The maximum Gasteiger partial charge on any atom is 0.258 e. The summed E-state index contributed by atoms with van der Waals surface area (Å²) < 4.78 is 58.3. The number of hydrogen-bond acceptors (Lipinski definition) is 1. The summed E-state index contributed by atoms with van der Waals surface area (Å²) in [5.41, 5.74) is 0.998. The van der Waals surface area contributed by atoms with Crippen molar-refractivity contribution in [3.05, 3.63) is 34.2 Å². The van der Waals surface area contributed by atoms with Crippen LogP contribution in [0.4, 0.5) is 13.2 Å². The van der Waals surface area contributed by atoms with Crippen molar-refractivity contribution in [3.8, 4) is 0 Å².